The number of carbonyl (C=O) groups is 2. The molecule has 1 aliphatic heterocycles. The zero-order chi connectivity index (χ0) is 20.1. The standard InChI is InChI=1S/C19H24N4O4S/c1-4-16-21-22-19(28-16)23-11-13(10-17(23)24)18(25)20-8-7-12-5-6-14(26-2)15(9-12)27-3/h5-6,9,13H,4,7-8,10-11H2,1-3H3,(H,20,25). The lowest BCUT2D eigenvalue weighted by molar-refractivity contribution is -0.126. The number of nitrogens with one attached hydrogen (secondary N) is 1. The number of benzene rings is 1. The van der Waals surface area contributed by atoms with Gasteiger partial charge in [-0.25, -0.2) is 0 Å². The van der Waals surface area contributed by atoms with E-state index in [-0.39, 0.29) is 24.2 Å². The fourth-order valence-electron chi connectivity index (χ4n) is 3.08. The van der Waals surface area contributed by atoms with Crippen LogP contribution in [0.3, 0.4) is 0 Å². The number of aryl methyl sites for hydroxylation is 1. The number of hydrogen-bond acceptors (Lipinski definition) is 7. The molecule has 0 aliphatic carbocycles. The van der Waals surface area contributed by atoms with Crippen molar-refractivity contribution >= 4 is 28.3 Å². The van der Waals surface area contributed by atoms with Crippen molar-refractivity contribution in [1.29, 1.82) is 0 Å². The molecule has 1 aromatic heterocycles. The molecule has 1 unspecified atom stereocenters. The van der Waals surface area contributed by atoms with Crippen molar-refractivity contribution in [2.45, 2.75) is 26.2 Å². The van der Waals surface area contributed by atoms with E-state index in [4.69, 9.17) is 9.47 Å². The summed E-state index contributed by atoms with van der Waals surface area (Å²) in [6.07, 6.45) is 1.63. The minimum atomic E-state index is -0.369. The summed E-state index contributed by atoms with van der Waals surface area (Å²) in [4.78, 5) is 26.3. The van der Waals surface area contributed by atoms with E-state index < -0.39 is 0 Å². The van der Waals surface area contributed by atoms with Gasteiger partial charge in [0.05, 0.1) is 20.1 Å². The highest BCUT2D eigenvalue weighted by atomic mass is 32.1. The second-order valence-electron chi connectivity index (χ2n) is 6.47. The van der Waals surface area contributed by atoms with Crippen molar-refractivity contribution in [2.75, 3.05) is 32.2 Å². The van der Waals surface area contributed by atoms with Gasteiger partial charge in [-0.3, -0.25) is 14.5 Å². The zero-order valence-corrected chi connectivity index (χ0v) is 17.0. The Hall–Kier alpha value is -2.68. The molecular formula is C19H24N4O4S. The van der Waals surface area contributed by atoms with Crippen LogP contribution in [-0.2, 0) is 22.4 Å². The minimum absolute atomic E-state index is 0.0844. The number of hydrogen-bond donors (Lipinski definition) is 1. The number of methoxy groups -OCH3 is 2. The van der Waals surface area contributed by atoms with Crippen molar-refractivity contribution in [3.05, 3.63) is 28.8 Å². The fourth-order valence-corrected chi connectivity index (χ4v) is 3.88. The number of amides is 2. The van der Waals surface area contributed by atoms with E-state index >= 15 is 0 Å². The number of carbonyl (C=O) groups excluding carboxylic acids is 2. The minimum Gasteiger partial charge on any atom is -0.493 e. The number of nitrogens with zero attached hydrogens (tertiary/aromatic N) is 3. The molecule has 1 atom stereocenters. The smallest absolute Gasteiger partial charge is 0.229 e. The first-order valence-corrected chi connectivity index (χ1v) is 9.98. The average Bonchev–Trinajstić information content (AvgIpc) is 3.34. The van der Waals surface area contributed by atoms with Gasteiger partial charge in [-0.2, -0.15) is 0 Å². The van der Waals surface area contributed by atoms with Crippen LogP contribution in [0.25, 0.3) is 0 Å². The second kappa shape index (κ2) is 9.01. The molecule has 2 aromatic rings. The van der Waals surface area contributed by atoms with Crippen molar-refractivity contribution in [3.8, 4) is 11.5 Å². The Kier molecular flexibility index (Phi) is 6.45. The molecule has 0 radical (unpaired) electrons. The first-order chi connectivity index (χ1) is 13.5. The van der Waals surface area contributed by atoms with Crippen molar-refractivity contribution in [2.24, 2.45) is 5.92 Å². The molecule has 1 fully saturated rings. The van der Waals surface area contributed by atoms with E-state index in [9.17, 15) is 9.59 Å². The average molecular weight is 404 g/mol. The molecule has 8 nitrogen and oxygen atoms in total. The molecule has 150 valence electrons. The van der Waals surface area contributed by atoms with Crippen LogP contribution in [0.15, 0.2) is 18.2 Å². The number of aromatic nitrogens is 2. The van der Waals surface area contributed by atoms with E-state index in [0.29, 0.717) is 36.1 Å². The van der Waals surface area contributed by atoms with E-state index in [1.54, 1.807) is 19.1 Å². The first-order valence-electron chi connectivity index (χ1n) is 9.17. The van der Waals surface area contributed by atoms with Crippen LogP contribution in [0.4, 0.5) is 5.13 Å². The molecular weight excluding hydrogens is 380 g/mol. The molecule has 9 heteroatoms. The third-order valence-corrected chi connectivity index (χ3v) is 5.74. The van der Waals surface area contributed by atoms with Crippen LogP contribution >= 0.6 is 11.3 Å². The molecule has 1 saturated heterocycles. The van der Waals surface area contributed by atoms with Gasteiger partial charge in [-0.05, 0) is 30.5 Å². The SMILES string of the molecule is CCc1nnc(N2CC(C(=O)NCCc3ccc(OC)c(OC)c3)CC2=O)s1. The first kappa shape index (κ1) is 20.1. The highest BCUT2D eigenvalue weighted by Crippen LogP contribution is 2.29. The van der Waals surface area contributed by atoms with Crippen LogP contribution in [0.5, 0.6) is 11.5 Å². The Balaban J connectivity index is 1.52. The maximum absolute atomic E-state index is 12.5. The van der Waals surface area contributed by atoms with Crippen LogP contribution in [-0.4, -0.2) is 49.3 Å². The van der Waals surface area contributed by atoms with Crippen molar-refractivity contribution < 1.29 is 19.1 Å². The molecule has 3 rings (SSSR count). The van der Waals surface area contributed by atoms with E-state index in [2.05, 4.69) is 15.5 Å². The fraction of sp³-hybridized carbons (Fsp3) is 0.474. The summed E-state index contributed by atoms with van der Waals surface area (Å²) < 4.78 is 10.5. The molecule has 1 aliphatic rings. The molecule has 2 heterocycles. The Morgan fingerprint density at radius 1 is 1.29 bits per heavy atom. The van der Waals surface area contributed by atoms with Crippen molar-refractivity contribution in [1.82, 2.24) is 15.5 Å². The van der Waals surface area contributed by atoms with Crippen LogP contribution in [0, 0.1) is 5.92 Å². The number of rotatable bonds is 8. The monoisotopic (exact) mass is 404 g/mol. The molecule has 2 amide bonds. The Bertz CT molecular complexity index is 854. The Morgan fingerprint density at radius 3 is 2.75 bits per heavy atom. The predicted molar refractivity (Wildman–Crippen MR) is 106 cm³/mol. The summed E-state index contributed by atoms with van der Waals surface area (Å²) in [5.41, 5.74) is 1.03. The van der Waals surface area contributed by atoms with Crippen LogP contribution < -0.4 is 19.7 Å². The predicted octanol–water partition coefficient (Wildman–Crippen LogP) is 1.83. The largest absolute Gasteiger partial charge is 0.493 e. The van der Waals surface area contributed by atoms with Gasteiger partial charge in [0.15, 0.2) is 11.5 Å². The summed E-state index contributed by atoms with van der Waals surface area (Å²) >= 11 is 1.40. The van der Waals surface area contributed by atoms with Crippen molar-refractivity contribution in [3.63, 3.8) is 0 Å². The highest BCUT2D eigenvalue weighted by molar-refractivity contribution is 7.15. The summed E-state index contributed by atoms with van der Waals surface area (Å²) in [5, 5.41) is 12.5. The number of ether oxygens (including phenoxy) is 2. The summed E-state index contributed by atoms with van der Waals surface area (Å²) in [6, 6.07) is 5.68. The Labute approximate surface area is 167 Å². The number of anilines is 1. The quantitative estimate of drug-likeness (QED) is 0.721. The van der Waals surface area contributed by atoms with Gasteiger partial charge < -0.3 is 14.8 Å². The van der Waals surface area contributed by atoms with Gasteiger partial charge in [0.2, 0.25) is 16.9 Å². The highest BCUT2D eigenvalue weighted by Gasteiger charge is 2.36. The molecule has 1 aromatic carbocycles. The maximum Gasteiger partial charge on any atom is 0.229 e. The summed E-state index contributed by atoms with van der Waals surface area (Å²) in [5.74, 6) is 0.761. The van der Waals surface area contributed by atoms with Gasteiger partial charge in [0, 0.05) is 19.5 Å². The van der Waals surface area contributed by atoms with E-state index in [0.717, 1.165) is 17.0 Å². The maximum atomic E-state index is 12.5. The molecule has 0 saturated carbocycles. The zero-order valence-electron chi connectivity index (χ0n) is 16.2. The second-order valence-corrected chi connectivity index (χ2v) is 7.51. The van der Waals surface area contributed by atoms with Gasteiger partial charge in [0.25, 0.3) is 0 Å². The third-order valence-electron chi connectivity index (χ3n) is 4.65. The van der Waals surface area contributed by atoms with E-state index in [1.165, 1.54) is 11.3 Å². The van der Waals surface area contributed by atoms with Gasteiger partial charge in [-0.15, -0.1) is 10.2 Å². The molecule has 28 heavy (non-hydrogen) atoms. The van der Waals surface area contributed by atoms with Gasteiger partial charge in [0.1, 0.15) is 5.01 Å². The molecule has 0 bridgehead atoms. The summed E-state index contributed by atoms with van der Waals surface area (Å²) in [6.45, 7) is 2.82. The normalized spacial score (nSPS) is 16.3. The summed E-state index contributed by atoms with van der Waals surface area (Å²) in [7, 11) is 3.18. The topological polar surface area (TPSA) is 93.7 Å². The lowest BCUT2D eigenvalue weighted by Crippen LogP contribution is -2.34. The van der Waals surface area contributed by atoms with E-state index in [1.807, 2.05) is 25.1 Å². The third kappa shape index (κ3) is 4.41. The molecule has 0 spiro atoms. The lowest BCUT2D eigenvalue weighted by Gasteiger charge is -2.13. The Morgan fingerprint density at radius 2 is 2.07 bits per heavy atom. The molecule has 1 N–H and O–H groups in total. The lowest BCUT2D eigenvalue weighted by atomic mass is 10.1. The van der Waals surface area contributed by atoms with Gasteiger partial charge in [-0.1, -0.05) is 24.3 Å². The van der Waals surface area contributed by atoms with Gasteiger partial charge >= 0.3 is 0 Å². The van der Waals surface area contributed by atoms with Crippen LogP contribution in [0.2, 0.25) is 0 Å². The van der Waals surface area contributed by atoms with Crippen LogP contribution in [0.1, 0.15) is 23.9 Å².